The van der Waals surface area contributed by atoms with Gasteiger partial charge in [-0.05, 0) is 44.0 Å². The van der Waals surface area contributed by atoms with Crippen LogP contribution in [0.5, 0.6) is 0 Å². The Morgan fingerprint density at radius 1 is 1.21 bits per heavy atom. The van der Waals surface area contributed by atoms with E-state index >= 15 is 0 Å². The Bertz CT molecular complexity index is 1230. The van der Waals surface area contributed by atoms with E-state index in [1.165, 1.54) is 23.1 Å². The van der Waals surface area contributed by atoms with E-state index in [4.69, 9.17) is 11.6 Å². The van der Waals surface area contributed by atoms with Crippen molar-refractivity contribution >= 4 is 67.1 Å². The molecule has 0 amide bonds. The molecule has 10 heteroatoms. The second kappa shape index (κ2) is 7.82. The van der Waals surface area contributed by atoms with E-state index in [0.29, 0.717) is 27.1 Å². The van der Waals surface area contributed by atoms with E-state index in [2.05, 4.69) is 25.5 Å². The summed E-state index contributed by atoms with van der Waals surface area (Å²) < 4.78 is 0.794. The second-order valence-electron chi connectivity index (χ2n) is 6.23. The highest BCUT2D eigenvalue weighted by molar-refractivity contribution is 8.00. The highest BCUT2D eigenvalue weighted by Crippen LogP contribution is 2.31. The number of nitrogens with zero attached hydrogens (tertiary/aromatic N) is 3. The second-order valence-corrected chi connectivity index (χ2v) is 10.0. The number of H-pyrrole nitrogens is 1. The summed E-state index contributed by atoms with van der Waals surface area (Å²) in [6.45, 7) is 5.92. The molecule has 28 heavy (non-hydrogen) atoms. The van der Waals surface area contributed by atoms with Crippen LogP contribution in [-0.4, -0.2) is 20.2 Å². The normalized spacial score (nSPS) is 11.3. The zero-order valence-electron chi connectivity index (χ0n) is 15.3. The van der Waals surface area contributed by atoms with Crippen LogP contribution in [0.1, 0.15) is 21.8 Å². The Labute approximate surface area is 178 Å². The van der Waals surface area contributed by atoms with Crippen LogP contribution in [0.4, 0.5) is 10.8 Å². The first-order chi connectivity index (χ1) is 13.4. The molecular formula is C18H16ClN5OS3. The van der Waals surface area contributed by atoms with Crippen molar-refractivity contribution in [1.29, 1.82) is 0 Å². The van der Waals surface area contributed by atoms with Crippen LogP contribution < -0.4 is 10.9 Å². The molecule has 0 saturated carbocycles. The number of hydrogen-bond donors (Lipinski definition) is 2. The van der Waals surface area contributed by atoms with Gasteiger partial charge in [0.25, 0.3) is 5.56 Å². The van der Waals surface area contributed by atoms with Gasteiger partial charge >= 0.3 is 0 Å². The van der Waals surface area contributed by atoms with Gasteiger partial charge in [0.2, 0.25) is 5.13 Å². The zero-order chi connectivity index (χ0) is 19.8. The number of fused-ring (bicyclic) bond motifs is 1. The Morgan fingerprint density at radius 3 is 2.82 bits per heavy atom. The van der Waals surface area contributed by atoms with Crippen molar-refractivity contribution in [1.82, 2.24) is 20.2 Å². The lowest BCUT2D eigenvalue weighted by Crippen LogP contribution is -2.10. The molecule has 3 heterocycles. The van der Waals surface area contributed by atoms with Crippen LogP contribution in [0.25, 0.3) is 10.2 Å². The number of rotatable bonds is 5. The van der Waals surface area contributed by atoms with Gasteiger partial charge in [0.15, 0.2) is 4.34 Å². The number of aromatic amines is 1. The van der Waals surface area contributed by atoms with Gasteiger partial charge in [-0.2, -0.15) is 0 Å². The third kappa shape index (κ3) is 3.93. The van der Waals surface area contributed by atoms with Crippen molar-refractivity contribution < 1.29 is 0 Å². The summed E-state index contributed by atoms with van der Waals surface area (Å²) in [7, 11) is 0. The standard InChI is InChI=1S/C18H16ClN5OS3/c1-8-4-5-11(6-12(8)19)20-17-23-24-18(28-17)26-7-13-21-15(25)14-9(2)10(3)27-16(14)22-13/h4-6H,7H2,1-3H3,(H,20,23)(H,21,22,25). The molecular weight excluding hydrogens is 434 g/mol. The molecule has 1 aromatic carbocycles. The predicted octanol–water partition coefficient (Wildman–Crippen LogP) is 5.45. The van der Waals surface area contributed by atoms with Crippen LogP contribution >= 0.6 is 46.0 Å². The fraction of sp³-hybridized carbons (Fsp3) is 0.222. The summed E-state index contributed by atoms with van der Waals surface area (Å²) in [5, 5.41) is 13.6. The van der Waals surface area contributed by atoms with E-state index < -0.39 is 0 Å². The molecule has 4 rings (SSSR count). The van der Waals surface area contributed by atoms with Gasteiger partial charge in [-0.3, -0.25) is 4.79 Å². The average Bonchev–Trinajstić information content (AvgIpc) is 3.21. The average molecular weight is 450 g/mol. The van der Waals surface area contributed by atoms with Gasteiger partial charge in [0.05, 0.1) is 11.1 Å². The summed E-state index contributed by atoms with van der Waals surface area (Å²) in [6.07, 6.45) is 0. The Hall–Kier alpha value is -1.94. The highest BCUT2D eigenvalue weighted by Gasteiger charge is 2.13. The van der Waals surface area contributed by atoms with Crippen LogP contribution in [0, 0.1) is 20.8 Å². The van der Waals surface area contributed by atoms with E-state index in [-0.39, 0.29) is 5.56 Å². The molecule has 0 saturated heterocycles. The number of aryl methyl sites for hydroxylation is 3. The number of halogens is 1. The van der Waals surface area contributed by atoms with Crippen LogP contribution in [-0.2, 0) is 5.75 Å². The lowest BCUT2D eigenvalue weighted by atomic mass is 10.2. The van der Waals surface area contributed by atoms with E-state index in [1.54, 1.807) is 11.3 Å². The minimum Gasteiger partial charge on any atom is -0.330 e. The minimum atomic E-state index is -0.0849. The third-order valence-corrected chi connectivity index (χ3v) is 7.74. The topological polar surface area (TPSA) is 83.6 Å². The Morgan fingerprint density at radius 2 is 2.04 bits per heavy atom. The number of nitrogens with one attached hydrogen (secondary N) is 2. The molecule has 0 spiro atoms. The van der Waals surface area contributed by atoms with Crippen molar-refractivity contribution in [3.63, 3.8) is 0 Å². The van der Waals surface area contributed by atoms with E-state index in [0.717, 1.165) is 30.9 Å². The molecule has 0 fully saturated rings. The molecule has 0 radical (unpaired) electrons. The van der Waals surface area contributed by atoms with Gasteiger partial charge in [-0.25, -0.2) is 4.98 Å². The van der Waals surface area contributed by atoms with Crippen molar-refractivity contribution in [3.8, 4) is 0 Å². The van der Waals surface area contributed by atoms with Crippen molar-refractivity contribution in [2.45, 2.75) is 30.9 Å². The van der Waals surface area contributed by atoms with Gasteiger partial charge in [0, 0.05) is 15.6 Å². The third-order valence-electron chi connectivity index (χ3n) is 4.25. The van der Waals surface area contributed by atoms with Crippen LogP contribution in [0.3, 0.4) is 0 Å². The molecule has 0 unspecified atom stereocenters. The highest BCUT2D eigenvalue weighted by atomic mass is 35.5. The number of benzene rings is 1. The smallest absolute Gasteiger partial charge is 0.259 e. The van der Waals surface area contributed by atoms with Gasteiger partial charge in [-0.15, -0.1) is 21.5 Å². The number of thiophene rings is 1. The van der Waals surface area contributed by atoms with E-state index in [1.807, 2.05) is 39.0 Å². The Kier molecular flexibility index (Phi) is 5.42. The molecule has 4 aromatic rings. The summed E-state index contributed by atoms with van der Waals surface area (Å²) in [4.78, 5) is 21.7. The molecule has 0 aliphatic carbocycles. The van der Waals surface area contributed by atoms with Gasteiger partial charge in [-0.1, -0.05) is 40.8 Å². The van der Waals surface area contributed by atoms with Crippen LogP contribution in [0.15, 0.2) is 27.3 Å². The number of aromatic nitrogens is 4. The molecule has 0 aliphatic heterocycles. The van der Waals surface area contributed by atoms with E-state index in [9.17, 15) is 4.79 Å². The fourth-order valence-electron chi connectivity index (χ4n) is 2.61. The number of thioether (sulfide) groups is 1. The summed E-state index contributed by atoms with van der Waals surface area (Å²) in [5.41, 5.74) is 2.81. The largest absolute Gasteiger partial charge is 0.330 e. The summed E-state index contributed by atoms with van der Waals surface area (Å²) in [5.74, 6) is 1.16. The first-order valence-corrected chi connectivity index (χ1v) is 11.4. The lowest BCUT2D eigenvalue weighted by molar-refractivity contribution is 1.00. The zero-order valence-corrected chi connectivity index (χ0v) is 18.5. The van der Waals surface area contributed by atoms with Gasteiger partial charge < -0.3 is 10.3 Å². The first kappa shape index (κ1) is 19.4. The first-order valence-electron chi connectivity index (χ1n) is 8.39. The maximum atomic E-state index is 12.4. The summed E-state index contributed by atoms with van der Waals surface area (Å²) >= 11 is 10.6. The molecule has 0 bridgehead atoms. The number of hydrogen-bond acceptors (Lipinski definition) is 8. The van der Waals surface area contributed by atoms with Gasteiger partial charge in [0.1, 0.15) is 10.7 Å². The monoisotopic (exact) mass is 449 g/mol. The molecule has 0 aliphatic rings. The predicted molar refractivity (Wildman–Crippen MR) is 119 cm³/mol. The number of anilines is 2. The van der Waals surface area contributed by atoms with Crippen molar-refractivity contribution in [2.75, 3.05) is 5.32 Å². The molecule has 144 valence electrons. The van der Waals surface area contributed by atoms with Crippen molar-refractivity contribution in [2.24, 2.45) is 0 Å². The maximum Gasteiger partial charge on any atom is 0.259 e. The molecule has 2 N–H and O–H groups in total. The Balaban J connectivity index is 1.46. The summed E-state index contributed by atoms with van der Waals surface area (Å²) in [6, 6.07) is 5.76. The molecule has 3 aromatic heterocycles. The maximum absolute atomic E-state index is 12.4. The fourth-order valence-corrected chi connectivity index (χ4v) is 5.48. The van der Waals surface area contributed by atoms with Crippen molar-refractivity contribution in [3.05, 3.63) is 55.4 Å². The molecule has 0 atom stereocenters. The SMILES string of the molecule is Cc1ccc(Nc2nnc(SCc3nc4sc(C)c(C)c4c(=O)[nH]3)s2)cc1Cl. The minimum absolute atomic E-state index is 0.0849. The molecule has 6 nitrogen and oxygen atoms in total. The van der Waals surface area contributed by atoms with Crippen LogP contribution in [0.2, 0.25) is 5.02 Å². The lowest BCUT2D eigenvalue weighted by Gasteiger charge is -2.03. The quantitative estimate of drug-likeness (QED) is 0.394.